The van der Waals surface area contributed by atoms with Gasteiger partial charge in [0.05, 0.1) is 5.02 Å². The van der Waals surface area contributed by atoms with Crippen molar-refractivity contribution in [3.63, 3.8) is 0 Å². The monoisotopic (exact) mass is 496 g/mol. The van der Waals surface area contributed by atoms with Gasteiger partial charge in [-0.2, -0.15) is 0 Å². The molecule has 3 aliphatic carbocycles. The lowest BCUT2D eigenvalue weighted by molar-refractivity contribution is -0.154. The third kappa shape index (κ3) is 5.34. The van der Waals surface area contributed by atoms with Crippen LogP contribution in [0.15, 0.2) is 42.5 Å². The van der Waals surface area contributed by atoms with E-state index in [4.69, 9.17) is 32.7 Å². The average molecular weight is 497 g/mol. The molecule has 33 heavy (non-hydrogen) atoms. The Hall–Kier alpha value is -2.55. The van der Waals surface area contributed by atoms with Crippen molar-refractivity contribution in [1.29, 1.82) is 0 Å². The minimum absolute atomic E-state index is 0.0205. The van der Waals surface area contributed by atoms with Crippen LogP contribution in [-0.4, -0.2) is 47.3 Å². The molecule has 5 rings (SSSR count). The van der Waals surface area contributed by atoms with Crippen LogP contribution in [0.3, 0.4) is 0 Å². The molecular weight excluding hydrogens is 474 g/mol. The number of ether oxygens (including phenoxy) is 2. The van der Waals surface area contributed by atoms with Crippen LogP contribution in [-0.2, 0) is 9.59 Å². The first-order valence-corrected chi connectivity index (χ1v) is 11.2. The van der Waals surface area contributed by atoms with Crippen molar-refractivity contribution in [2.24, 2.45) is 0 Å². The smallest absolute Gasteiger partial charge is 0.261 e. The van der Waals surface area contributed by atoms with E-state index in [1.54, 1.807) is 24.3 Å². The highest BCUT2D eigenvalue weighted by atomic mass is 35.5. The Kier molecular flexibility index (Phi) is 6.70. The lowest BCUT2D eigenvalue weighted by atomic mass is 9.44. The second-order valence-electron chi connectivity index (χ2n) is 8.57. The number of aliphatic hydroxyl groups is 1. The predicted octanol–water partition coefficient (Wildman–Crippen LogP) is 3.25. The molecule has 1 unspecified atom stereocenters. The third-order valence-electron chi connectivity index (χ3n) is 5.86. The number of amides is 2. The number of rotatable bonds is 10. The molecular formula is C23H23Cl2FN2O5. The molecule has 0 saturated heterocycles. The van der Waals surface area contributed by atoms with Crippen LogP contribution < -0.4 is 20.1 Å². The Morgan fingerprint density at radius 3 is 2.30 bits per heavy atom. The maximum Gasteiger partial charge on any atom is 0.261 e. The first-order valence-electron chi connectivity index (χ1n) is 10.5. The van der Waals surface area contributed by atoms with Crippen LogP contribution in [0.5, 0.6) is 11.5 Å². The third-order valence-corrected chi connectivity index (χ3v) is 6.42. The molecule has 0 aliphatic heterocycles. The van der Waals surface area contributed by atoms with Gasteiger partial charge < -0.3 is 25.2 Å². The number of carbonyl (C=O) groups excluding carboxylic acids is 2. The van der Waals surface area contributed by atoms with Gasteiger partial charge in [0.1, 0.15) is 17.3 Å². The molecule has 0 spiro atoms. The van der Waals surface area contributed by atoms with Gasteiger partial charge in [-0.1, -0.05) is 23.2 Å². The molecule has 0 heterocycles. The standard InChI is InChI=1S/C23H23Cl2FN2O5/c24-14-1-3-15(4-2-14)33-19(7-8-29)21(31)28-23-11-22(12-23,13-23)27-20(30)10-32-16-5-6-17(25)18(26)9-16/h1-6,9,19,29H,7-8,10-13H2,(H,27,30)(H,28,31). The molecule has 1 atom stereocenters. The van der Waals surface area contributed by atoms with Gasteiger partial charge in [0.25, 0.3) is 11.8 Å². The molecule has 2 aromatic rings. The quantitative estimate of drug-likeness (QED) is 0.469. The van der Waals surface area contributed by atoms with Gasteiger partial charge >= 0.3 is 0 Å². The summed E-state index contributed by atoms with van der Waals surface area (Å²) < 4.78 is 24.5. The van der Waals surface area contributed by atoms with Crippen LogP contribution in [0.25, 0.3) is 0 Å². The summed E-state index contributed by atoms with van der Waals surface area (Å²) in [5, 5.41) is 15.8. The van der Waals surface area contributed by atoms with Gasteiger partial charge in [0.2, 0.25) is 0 Å². The fourth-order valence-electron chi connectivity index (χ4n) is 4.48. The summed E-state index contributed by atoms with van der Waals surface area (Å²) in [5.41, 5.74) is -0.760. The molecule has 0 aromatic heterocycles. The minimum atomic E-state index is -0.844. The fraction of sp³-hybridized carbons (Fsp3) is 0.391. The zero-order chi connectivity index (χ0) is 23.6. The molecule has 3 fully saturated rings. The van der Waals surface area contributed by atoms with Gasteiger partial charge in [-0.05, 0) is 55.7 Å². The summed E-state index contributed by atoms with van der Waals surface area (Å²) in [6.07, 6.45) is 1.10. The maximum absolute atomic E-state index is 13.5. The molecule has 7 nitrogen and oxygen atoms in total. The number of hydrogen-bond acceptors (Lipinski definition) is 5. The van der Waals surface area contributed by atoms with E-state index in [1.807, 2.05) is 0 Å². The van der Waals surface area contributed by atoms with Gasteiger partial charge in [-0.3, -0.25) is 9.59 Å². The number of aliphatic hydroxyl groups excluding tert-OH is 1. The van der Waals surface area contributed by atoms with Crippen molar-refractivity contribution in [2.45, 2.75) is 42.9 Å². The average Bonchev–Trinajstić information content (AvgIpc) is 2.73. The van der Waals surface area contributed by atoms with Crippen molar-refractivity contribution < 1.29 is 28.6 Å². The van der Waals surface area contributed by atoms with E-state index in [0.717, 1.165) is 6.07 Å². The normalized spacial score (nSPS) is 23.5. The van der Waals surface area contributed by atoms with Crippen molar-refractivity contribution in [2.75, 3.05) is 13.2 Å². The van der Waals surface area contributed by atoms with E-state index in [9.17, 15) is 19.1 Å². The minimum Gasteiger partial charge on any atom is -0.484 e. The Labute approximate surface area is 200 Å². The molecule has 2 aromatic carbocycles. The SMILES string of the molecule is O=C(COc1ccc(Cl)c(F)c1)NC12CC(NC(=O)C(CCO)Oc3ccc(Cl)cc3)(C1)C2. The van der Waals surface area contributed by atoms with E-state index < -0.39 is 11.9 Å². The first-order chi connectivity index (χ1) is 15.7. The summed E-state index contributed by atoms with van der Waals surface area (Å²) in [6, 6.07) is 10.6. The van der Waals surface area contributed by atoms with E-state index in [-0.39, 0.29) is 53.3 Å². The fourth-order valence-corrected chi connectivity index (χ4v) is 4.72. The van der Waals surface area contributed by atoms with Crippen molar-refractivity contribution in [3.05, 3.63) is 58.3 Å². The number of halogens is 3. The maximum atomic E-state index is 13.5. The van der Waals surface area contributed by atoms with Crippen LogP contribution in [0.4, 0.5) is 4.39 Å². The molecule has 2 bridgehead atoms. The lowest BCUT2D eigenvalue weighted by Gasteiger charge is -2.70. The topological polar surface area (TPSA) is 96.9 Å². The molecule has 176 valence electrons. The second kappa shape index (κ2) is 9.37. The molecule has 3 N–H and O–H groups in total. The first kappa shape index (κ1) is 23.6. The van der Waals surface area contributed by atoms with Crippen LogP contribution >= 0.6 is 23.2 Å². The Balaban J connectivity index is 1.24. The van der Waals surface area contributed by atoms with Crippen molar-refractivity contribution >= 4 is 35.0 Å². The lowest BCUT2D eigenvalue weighted by Crippen LogP contribution is -2.84. The van der Waals surface area contributed by atoms with Gasteiger partial charge in [-0.25, -0.2) is 4.39 Å². The summed E-state index contributed by atoms with van der Waals surface area (Å²) in [7, 11) is 0. The number of hydrogen-bond donors (Lipinski definition) is 3. The highest BCUT2D eigenvalue weighted by Crippen LogP contribution is 2.60. The zero-order valence-electron chi connectivity index (χ0n) is 17.6. The number of nitrogens with one attached hydrogen (secondary N) is 2. The summed E-state index contributed by atoms with van der Waals surface area (Å²) in [5.74, 6) is -0.564. The zero-order valence-corrected chi connectivity index (χ0v) is 19.1. The second-order valence-corrected chi connectivity index (χ2v) is 9.41. The van der Waals surface area contributed by atoms with Crippen molar-refractivity contribution in [1.82, 2.24) is 10.6 Å². The van der Waals surface area contributed by atoms with E-state index >= 15 is 0 Å². The van der Waals surface area contributed by atoms with Gasteiger partial charge in [0, 0.05) is 35.2 Å². The van der Waals surface area contributed by atoms with E-state index in [2.05, 4.69) is 10.6 Å². The summed E-state index contributed by atoms with van der Waals surface area (Å²) in [4.78, 5) is 25.0. The molecule has 2 amide bonds. The Morgan fingerprint density at radius 2 is 1.67 bits per heavy atom. The van der Waals surface area contributed by atoms with Crippen molar-refractivity contribution in [3.8, 4) is 11.5 Å². The molecule has 10 heteroatoms. The Bertz CT molecular complexity index is 1030. The van der Waals surface area contributed by atoms with E-state index in [1.165, 1.54) is 12.1 Å². The molecule has 3 saturated carbocycles. The molecule has 3 aliphatic rings. The van der Waals surface area contributed by atoms with Crippen LogP contribution in [0, 0.1) is 5.82 Å². The van der Waals surface area contributed by atoms with Gasteiger partial charge in [-0.15, -0.1) is 0 Å². The van der Waals surface area contributed by atoms with E-state index in [0.29, 0.717) is 30.0 Å². The number of benzene rings is 2. The summed E-state index contributed by atoms with van der Waals surface area (Å²) >= 11 is 11.5. The van der Waals surface area contributed by atoms with Gasteiger partial charge in [0.15, 0.2) is 12.7 Å². The van der Waals surface area contributed by atoms with Crippen LogP contribution in [0.2, 0.25) is 10.0 Å². The number of carbonyl (C=O) groups is 2. The molecule has 0 radical (unpaired) electrons. The predicted molar refractivity (Wildman–Crippen MR) is 120 cm³/mol. The largest absolute Gasteiger partial charge is 0.484 e. The van der Waals surface area contributed by atoms with Crippen LogP contribution in [0.1, 0.15) is 25.7 Å². The highest BCUT2D eigenvalue weighted by Gasteiger charge is 2.69. The Morgan fingerprint density at radius 1 is 1.03 bits per heavy atom. The highest BCUT2D eigenvalue weighted by molar-refractivity contribution is 6.31. The summed E-state index contributed by atoms with van der Waals surface area (Å²) in [6.45, 7) is -0.453.